The number of aromatic nitrogens is 3. The predicted molar refractivity (Wildman–Crippen MR) is 103 cm³/mol. The highest BCUT2D eigenvalue weighted by Gasteiger charge is 2.30. The van der Waals surface area contributed by atoms with Crippen molar-refractivity contribution in [3.63, 3.8) is 0 Å². The molecule has 0 atom stereocenters. The van der Waals surface area contributed by atoms with Gasteiger partial charge in [0.15, 0.2) is 5.82 Å². The number of anilines is 4. The first-order chi connectivity index (χ1) is 13.1. The summed E-state index contributed by atoms with van der Waals surface area (Å²) in [5.74, 6) is 0.527. The standard InChI is InChI=1S/C20H20F3N5/c1-19(2,3)15-9-4-5-10-16(15)26-18-27-17(12-24-28-18)25-14-8-6-7-13(11-14)20(21,22)23/h4-12H,1-3H3,(H2,25,26,27,28). The van der Waals surface area contributed by atoms with Crippen LogP contribution in [0.2, 0.25) is 0 Å². The molecular weight excluding hydrogens is 367 g/mol. The Morgan fingerprint density at radius 3 is 2.36 bits per heavy atom. The zero-order chi connectivity index (χ0) is 20.4. The number of alkyl halides is 3. The number of nitrogens with one attached hydrogen (secondary N) is 2. The number of halogens is 3. The molecule has 0 fully saturated rings. The summed E-state index contributed by atoms with van der Waals surface area (Å²) in [6.07, 6.45) is -3.06. The van der Waals surface area contributed by atoms with Crippen LogP contribution in [-0.4, -0.2) is 15.2 Å². The molecule has 0 aliphatic rings. The molecule has 0 aliphatic carbocycles. The minimum Gasteiger partial charge on any atom is -0.339 e. The predicted octanol–water partition coefficient (Wildman–Crippen LogP) is 5.68. The molecule has 28 heavy (non-hydrogen) atoms. The van der Waals surface area contributed by atoms with Crippen molar-refractivity contribution in [1.29, 1.82) is 0 Å². The van der Waals surface area contributed by atoms with E-state index in [1.165, 1.54) is 18.3 Å². The van der Waals surface area contributed by atoms with Gasteiger partial charge in [0.25, 0.3) is 0 Å². The average molecular weight is 387 g/mol. The molecule has 0 aliphatic heterocycles. The Bertz CT molecular complexity index is 964. The summed E-state index contributed by atoms with van der Waals surface area (Å²) in [5.41, 5.74) is 1.35. The zero-order valence-corrected chi connectivity index (χ0v) is 15.7. The average Bonchev–Trinajstić information content (AvgIpc) is 2.61. The van der Waals surface area contributed by atoms with Crippen molar-refractivity contribution in [2.24, 2.45) is 0 Å². The van der Waals surface area contributed by atoms with Crippen LogP contribution in [0.3, 0.4) is 0 Å². The van der Waals surface area contributed by atoms with E-state index < -0.39 is 11.7 Å². The molecule has 0 amide bonds. The highest BCUT2D eigenvalue weighted by molar-refractivity contribution is 5.62. The smallest absolute Gasteiger partial charge is 0.339 e. The first-order valence-electron chi connectivity index (χ1n) is 8.63. The van der Waals surface area contributed by atoms with Crippen LogP contribution in [0.4, 0.5) is 36.3 Å². The van der Waals surface area contributed by atoms with Crippen LogP contribution in [0.25, 0.3) is 0 Å². The SMILES string of the molecule is CC(C)(C)c1ccccc1Nc1nncc(Nc2cccc(C(F)(F)F)c2)n1. The van der Waals surface area contributed by atoms with E-state index >= 15 is 0 Å². The molecule has 1 aromatic heterocycles. The molecule has 8 heteroatoms. The molecule has 0 bridgehead atoms. The second-order valence-electron chi connectivity index (χ2n) is 7.29. The fraction of sp³-hybridized carbons (Fsp3) is 0.250. The molecule has 0 radical (unpaired) electrons. The Morgan fingerprint density at radius 1 is 0.893 bits per heavy atom. The van der Waals surface area contributed by atoms with Crippen molar-refractivity contribution in [1.82, 2.24) is 15.2 Å². The lowest BCUT2D eigenvalue weighted by atomic mass is 9.86. The minimum absolute atomic E-state index is 0.0923. The molecule has 5 nitrogen and oxygen atoms in total. The first kappa shape index (κ1) is 19.6. The Kier molecular flexibility index (Phi) is 5.22. The van der Waals surface area contributed by atoms with Gasteiger partial charge in [-0.05, 0) is 35.2 Å². The van der Waals surface area contributed by atoms with Gasteiger partial charge >= 0.3 is 6.18 Å². The zero-order valence-electron chi connectivity index (χ0n) is 15.7. The number of rotatable bonds is 4. The summed E-state index contributed by atoms with van der Waals surface area (Å²) >= 11 is 0. The Morgan fingerprint density at radius 2 is 1.64 bits per heavy atom. The lowest BCUT2D eigenvalue weighted by Crippen LogP contribution is -2.14. The van der Waals surface area contributed by atoms with Gasteiger partial charge in [-0.1, -0.05) is 45.0 Å². The summed E-state index contributed by atoms with van der Waals surface area (Å²) in [6.45, 7) is 6.29. The van der Waals surface area contributed by atoms with Crippen LogP contribution in [0.1, 0.15) is 31.9 Å². The lowest BCUT2D eigenvalue weighted by Gasteiger charge is -2.22. The van der Waals surface area contributed by atoms with Crippen LogP contribution >= 0.6 is 0 Å². The molecule has 146 valence electrons. The largest absolute Gasteiger partial charge is 0.416 e. The number of nitrogens with zero attached hydrogens (tertiary/aromatic N) is 3. The molecular formula is C20H20F3N5. The number of hydrogen-bond donors (Lipinski definition) is 2. The van der Waals surface area contributed by atoms with Gasteiger partial charge in [0, 0.05) is 11.4 Å². The minimum atomic E-state index is -4.41. The number of benzene rings is 2. The normalized spacial score (nSPS) is 11.9. The molecule has 1 heterocycles. The quantitative estimate of drug-likeness (QED) is 0.603. The summed E-state index contributed by atoms with van der Waals surface area (Å²) in [7, 11) is 0. The van der Waals surface area contributed by atoms with Crippen molar-refractivity contribution in [3.05, 3.63) is 65.9 Å². The van der Waals surface area contributed by atoms with Crippen molar-refractivity contribution >= 4 is 23.1 Å². The monoisotopic (exact) mass is 387 g/mol. The van der Waals surface area contributed by atoms with Gasteiger partial charge in [0.2, 0.25) is 5.95 Å². The Labute approximate surface area is 161 Å². The molecule has 3 rings (SSSR count). The van der Waals surface area contributed by atoms with Crippen LogP contribution in [0.15, 0.2) is 54.7 Å². The van der Waals surface area contributed by atoms with E-state index in [4.69, 9.17) is 0 Å². The maximum Gasteiger partial charge on any atom is 0.416 e. The summed E-state index contributed by atoms with van der Waals surface area (Å²) in [4.78, 5) is 4.30. The number of para-hydroxylation sites is 1. The maximum atomic E-state index is 12.9. The third-order valence-electron chi connectivity index (χ3n) is 4.00. The fourth-order valence-corrected chi connectivity index (χ4v) is 2.70. The van der Waals surface area contributed by atoms with Gasteiger partial charge in [-0.25, -0.2) is 0 Å². The van der Waals surface area contributed by atoms with E-state index in [1.54, 1.807) is 0 Å². The van der Waals surface area contributed by atoms with E-state index in [2.05, 4.69) is 46.6 Å². The van der Waals surface area contributed by atoms with E-state index in [0.717, 1.165) is 23.4 Å². The third kappa shape index (κ3) is 4.76. The number of hydrogen-bond acceptors (Lipinski definition) is 5. The van der Waals surface area contributed by atoms with Gasteiger partial charge < -0.3 is 10.6 Å². The molecule has 3 aromatic rings. The van der Waals surface area contributed by atoms with E-state index in [0.29, 0.717) is 0 Å². The fourth-order valence-electron chi connectivity index (χ4n) is 2.70. The van der Waals surface area contributed by atoms with Gasteiger partial charge in [0.05, 0.1) is 11.8 Å². The Hall–Kier alpha value is -3.16. The molecule has 0 saturated carbocycles. The van der Waals surface area contributed by atoms with Crippen LogP contribution in [-0.2, 0) is 11.6 Å². The third-order valence-corrected chi connectivity index (χ3v) is 4.00. The Balaban J connectivity index is 1.83. The summed E-state index contributed by atoms with van der Waals surface area (Å²) in [6, 6.07) is 12.7. The van der Waals surface area contributed by atoms with Crippen molar-refractivity contribution in [2.45, 2.75) is 32.4 Å². The van der Waals surface area contributed by atoms with Gasteiger partial charge in [0.1, 0.15) is 0 Å². The molecule has 0 unspecified atom stereocenters. The van der Waals surface area contributed by atoms with Crippen LogP contribution < -0.4 is 10.6 Å². The summed E-state index contributed by atoms with van der Waals surface area (Å²) in [5, 5.41) is 13.8. The van der Waals surface area contributed by atoms with Crippen molar-refractivity contribution in [2.75, 3.05) is 10.6 Å². The molecule has 2 aromatic carbocycles. The lowest BCUT2D eigenvalue weighted by molar-refractivity contribution is -0.137. The van der Waals surface area contributed by atoms with Crippen LogP contribution in [0.5, 0.6) is 0 Å². The highest BCUT2D eigenvalue weighted by atomic mass is 19.4. The second kappa shape index (κ2) is 7.46. The topological polar surface area (TPSA) is 62.7 Å². The van der Waals surface area contributed by atoms with Gasteiger partial charge in [-0.3, -0.25) is 0 Å². The second-order valence-corrected chi connectivity index (χ2v) is 7.29. The first-order valence-corrected chi connectivity index (χ1v) is 8.63. The van der Waals surface area contributed by atoms with E-state index in [9.17, 15) is 13.2 Å². The molecule has 2 N–H and O–H groups in total. The maximum absolute atomic E-state index is 12.9. The highest BCUT2D eigenvalue weighted by Crippen LogP contribution is 2.32. The molecule has 0 saturated heterocycles. The van der Waals surface area contributed by atoms with Crippen molar-refractivity contribution in [3.8, 4) is 0 Å². The summed E-state index contributed by atoms with van der Waals surface area (Å²) < 4.78 is 38.6. The van der Waals surface area contributed by atoms with Crippen LogP contribution in [0, 0.1) is 0 Å². The van der Waals surface area contributed by atoms with E-state index in [1.807, 2.05) is 24.3 Å². The van der Waals surface area contributed by atoms with E-state index in [-0.39, 0.29) is 22.9 Å². The van der Waals surface area contributed by atoms with Gasteiger partial charge in [-0.15, -0.1) is 5.10 Å². The molecule has 0 spiro atoms. The van der Waals surface area contributed by atoms with Gasteiger partial charge in [-0.2, -0.15) is 23.3 Å². The van der Waals surface area contributed by atoms with Crippen molar-refractivity contribution < 1.29 is 13.2 Å².